The SMILES string of the molecule is Cl.NC1CCc2ccccc2C(CCCc2ccccc2)C1=O. The minimum absolute atomic E-state index is 0. The summed E-state index contributed by atoms with van der Waals surface area (Å²) in [6.07, 6.45) is 4.60. The summed E-state index contributed by atoms with van der Waals surface area (Å²) in [6.45, 7) is 0. The Morgan fingerprint density at radius 2 is 1.70 bits per heavy atom. The fourth-order valence-electron chi connectivity index (χ4n) is 3.42. The number of Topliss-reactive ketones (excluding diaryl/α,β-unsaturated/α-hetero) is 1. The molecule has 0 radical (unpaired) electrons. The van der Waals surface area contributed by atoms with E-state index in [9.17, 15) is 4.79 Å². The van der Waals surface area contributed by atoms with Crippen LogP contribution >= 0.6 is 12.4 Å². The summed E-state index contributed by atoms with van der Waals surface area (Å²) in [7, 11) is 0. The van der Waals surface area contributed by atoms with Gasteiger partial charge in [-0.3, -0.25) is 4.79 Å². The highest BCUT2D eigenvalue weighted by Gasteiger charge is 2.29. The van der Waals surface area contributed by atoms with Gasteiger partial charge in [0.1, 0.15) is 0 Å². The van der Waals surface area contributed by atoms with Crippen LogP contribution in [-0.4, -0.2) is 11.8 Å². The number of aryl methyl sites for hydroxylation is 2. The minimum Gasteiger partial charge on any atom is -0.321 e. The molecule has 0 spiro atoms. The van der Waals surface area contributed by atoms with Crippen LogP contribution in [0.3, 0.4) is 0 Å². The van der Waals surface area contributed by atoms with Crippen molar-refractivity contribution in [2.75, 3.05) is 0 Å². The normalized spacial score (nSPS) is 20.3. The van der Waals surface area contributed by atoms with E-state index in [1.807, 2.05) is 12.1 Å². The highest BCUT2D eigenvalue weighted by atomic mass is 35.5. The molecule has 0 aliphatic heterocycles. The Kier molecular flexibility index (Phi) is 6.37. The van der Waals surface area contributed by atoms with Gasteiger partial charge in [0.25, 0.3) is 0 Å². The Morgan fingerprint density at radius 1 is 1.00 bits per heavy atom. The molecule has 1 aliphatic rings. The molecule has 0 aromatic heterocycles. The van der Waals surface area contributed by atoms with Crippen molar-refractivity contribution in [3.8, 4) is 0 Å². The minimum atomic E-state index is -0.311. The second-order valence-electron chi connectivity index (χ2n) is 6.18. The summed E-state index contributed by atoms with van der Waals surface area (Å²) in [6, 6.07) is 18.5. The van der Waals surface area contributed by atoms with Crippen LogP contribution in [0, 0.1) is 0 Å². The van der Waals surface area contributed by atoms with Gasteiger partial charge in [-0.25, -0.2) is 0 Å². The second-order valence-corrected chi connectivity index (χ2v) is 6.18. The van der Waals surface area contributed by atoms with Crippen LogP contribution in [0.4, 0.5) is 0 Å². The van der Waals surface area contributed by atoms with Gasteiger partial charge in [-0.2, -0.15) is 0 Å². The fourth-order valence-corrected chi connectivity index (χ4v) is 3.42. The van der Waals surface area contributed by atoms with Gasteiger partial charge in [0.05, 0.1) is 6.04 Å². The molecule has 0 saturated carbocycles. The monoisotopic (exact) mass is 329 g/mol. The summed E-state index contributed by atoms with van der Waals surface area (Å²) in [5, 5.41) is 0. The standard InChI is InChI=1S/C20H23NO.ClH/c21-19-14-13-16-10-4-5-11-17(16)18(20(19)22)12-6-9-15-7-2-1-3-8-15;/h1-5,7-8,10-11,18-19H,6,9,12-14,21H2;1H. The van der Waals surface area contributed by atoms with Crippen LogP contribution < -0.4 is 5.73 Å². The summed E-state index contributed by atoms with van der Waals surface area (Å²) in [4.78, 5) is 12.6. The van der Waals surface area contributed by atoms with E-state index in [1.165, 1.54) is 16.7 Å². The van der Waals surface area contributed by atoms with Crippen molar-refractivity contribution in [3.05, 3.63) is 71.3 Å². The molecule has 3 rings (SSSR count). The summed E-state index contributed by atoms with van der Waals surface area (Å²) in [5.41, 5.74) is 9.92. The average Bonchev–Trinajstić information content (AvgIpc) is 2.68. The molecule has 0 bridgehead atoms. The zero-order valence-electron chi connectivity index (χ0n) is 13.3. The maximum atomic E-state index is 12.6. The molecule has 0 saturated heterocycles. The lowest BCUT2D eigenvalue weighted by molar-refractivity contribution is -0.121. The van der Waals surface area contributed by atoms with Crippen molar-refractivity contribution in [1.29, 1.82) is 0 Å². The van der Waals surface area contributed by atoms with Crippen molar-refractivity contribution in [2.24, 2.45) is 5.73 Å². The lowest BCUT2D eigenvalue weighted by atomic mass is 9.86. The summed E-state index contributed by atoms with van der Waals surface area (Å²) in [5.74, 6) is 0.190. The van der Waals surface area contributed by atoms with E-state index < -0.39 is 0 Å². The highest BCUT2D eigenvalue weighted by molar-refractivity contribution is 5.91. The molecule has 3 heteroatoms. The van der Waals surface area contributed by atoms with Gasteiger partial charge in [0.15, 0.2) is 5.78 Å². The molecule has 122 valence electrons. The number of nitrogens with two attached hydrogens (primary N) is 1. The van der Waals surface area contributed by atoms with Crippen molar-refractivity contribution < 1.29 is 4.79 Å². The predicted octanol–water partition coefficient (Wildman–Crippen LogP) is 4.06. The Hall–Kier alpha value is -1.64. The van der Waals surface area contributed by atoms with Gasteiger partial charge in [-0.05, 0) is 48.8 Å². The molecule has 2 N–H and O–H groups in total. The van der Waals surface area contributed by atoms with Gasteiger partial charge in [0.2, 0.25) is 0 Å². The average molecular weight is 330 g/mol. The molecule has 2 aromatic rings. The number of rotatable bonds is 4. The number of carbonyl (C=O) groups is 1. The maximum Gasteiger partial charge on any atom is 0.156 e. The lowest BCUT2D eigenvalue weighted by Gasteiger charge is -2.18. The molecule has 0 fully saturated rings. The van der Waals surface area contributed by atoms with Gasteiger partial charge in [-0.1, -0.05) is 54.6 Å². The maximum absolute atomic E-state index is 12.6. The van der Waals surface area contributed by atoms with Crippen molar-refractivity contribution >= 4 is 18.2 Å². The highest BCUT2D eigenvalue weighted by Crippen LogP contribution is 2.31. The molecular formula is C20H24ClNO. The number of carbonyl (C=O) groups excluding carboxylic acids is 1. The van der Waals surface area contributed by atoms with E-state index in [1.54, 1.807) is 0 Å². The van der Waals surface area contributed by atoms with Gasteiger partial charge in [0, 0.05) is 5.92 Å². The number of hydrogen-bond acceptors (Lipinski definition) is 2. The largest absolute Gasteiger partial charge is 0.321 e. The quantitative estimate of drug-likeness (QED) is 0.860. The Labute approximate surface area is 144 Å². The molecule has 2 aromatic carbocycles. The molecular weight excluding hydrogens is 306 g/mol. The zero-order chi connectivity index (χ0) is 15.4. The summed E-state index contributed by atoms with van der Waals surface area (Å²) >= 11 is 0. The number of ketones is 1. The fraction of sp³-hybridized carbons (Fsp3) is 0.350. The van der Waals surface area contributed by atoms with Crippen molar-refractivity contribution in [3.63, 3.8) is 0 Å². The second kappa shape index (κ2) is 8.28. The molecule has 2 atom stereocenters. The van der Waals surface area contributed by atoms with Crippen LogP contribution in [0.25, 0.3) is 0 Å². The van der Waals surface area contributed by atoms with Crippen LogP contribution in [0.15, 0.2) is 54.6 Å². The first-order valence-corrected chi connectivity index (χ1v) is 8.17. The number of hydrogen-bond donors (Lipinski definition) is 1. The molecule has 2 nitrogen and oxygen atoms in total. The van der Waals surface area contributed by atoms with Gasteiger partial charge >= 0.3 is 0 Å². The first-order valence-electron chi connectivity index (χ1n) is 8.17. The smallest absolute Gasteiger partial charge is 0.156 e. The first kappa shape index (κ1) is 17.7. The van der Waals surface area contributed by atoms with Crippen LogP contribution in [0.1, 0.15) is 41.9 Å². The van der Waals surface area contributed by atoms with Gasteiger partial charge in [-0.15, -0.1) is 12.4 Å². The Morgan fingerprint density at radius 3 is 2.48 bits per heavy atom. The molecule has 0 heterocycles. The third kappa shape index (κ3) is 4.21. The molecule has 23 heavy (non-hydrogen) atoms. The van der Waals surface area contributed by atoms with E-state index in [-0.39, 0.29) is 30.2 Å². The molecule has 1 aliphatic carbocycles. The van der Waals surface area contributed by atoms with E-state index in [2.05, 4.69) is 42.5 Å². The van der Waals surface area contributed by atoms with E-state index in [4.69, 9.17) is 5.73 Å². The number of fused-ring (bicyclic) bond motifs is 1. The number of benzene rings is 2. The lowest BCUT2D eigenvalue weighted by Crippen LogP contribution is -2.33. The summed E-state index contributed by atoms with van der Waals surface area (Å²) < 4.78 is 0. The first-order chi connectivity index (χ1) is 10.8. The third-order valence-electron chi connectivity index (χ3n) is 4.67. The van der Waals surface area contributed by atoms with Crippen LogP contribution in [0.5, 0.6) is 0 Å². The Balaban J connectivity index is 0.00000192. The van der Waals surface area contributed by atoms with Gasteiger partial charge < -0.3 is 5.73 Å². The molecule has 2 unspecified atom stereocenters. The topological polar surface area (TPSA) is 43.1 Å². The predicted molar refractivity (Wildman–Crippen MR) is 97.1 cm³/mol. The van der Waals surface area contributed by atoms with Crippen molar-refractivity contribution in [2.45, 2.75) is 44.1 Å². The zero-order valence-corrected chi connectivity index (χ0v) is 14.1. The van der Waals surface area contributed by atoms with Crippen molar-refractivity contribution in [1.82, 2.24) is 0 Å². The van der Waals surface area contributed by atoms with E-state index in [0.29, 0.717) is 0 Å². The van der Waals surface area contributed by atoms with Crippen LogP contribution in [0.2, 0.25) is 0 Å². The van der Waals surface area contributed by atoms with E-state index in [0.717, 1.165) is 32.1 Å². The third-order valence-corrected chi connectivity index (χ3v) is 4.67. The van der Waals surface area contributed by atoms with Crippen LogP contribution in [-0.2, 0) is 17.6 Å². The Bertz CT molecular complexity index is 641. The number of halogens is 1. The van der Waals surface area contributed by atoms with E-state index >= 15 is 0 Å². The molecule has 0 amide bonds.